The Morgan fingerprint density at radius 3 is 1.34 bits per heavy atom. The highest BCUT2D eigenvalue weighted by Gasteiger charge is 2.14. The van der Waals surface area contributed by atoms with Gasteiger partial charge in [-0.1, -0.05) is 84.9 Å². The van der Waals surface area contributed by atoms with E-state index in [-0.39, 0.29) is 11.6 Å². The number of ether oxygens (including phenoxy) is 1. The zero-order valence-electron chi connectivity index (χ0n) is 35.7. The number of pyridine rings is 3. The lowest BCUT2D eigenvalue weighted by Crippen LogP contribution is -1.95. The van der Waals surface area contributed by atoms with E-state index in [1.807, 2.05) is 128 Å². The van der Waals surface area contributed by atoms with Crippen LogP contribution in [0.25, 0.3) is 99.2 Å². The predicted molar refractivity (Wildman–Crippen MR) is 263 cm³/mol. The molecule has 0 unspecified atom stereocenters. The molecule has 0 radical (unpaired) electrons. The summed E-state index contributed by atoms with van der Waals surface area (Å²) < 4.78 is 37.3. The van der Waals surface area contributed by atoms with Crippen molar-refractivity contribution < 1.29 is 27.5 Å². The normalized spacial score (nSPS) is 11.2. The summed E-state index contributed by atoms with van der Waals surface area (Å²) in [4.78, 5) is 12.8. The molecule has 0 aliphatic heterocycles. The molecule has 0 aliphatic rings. The Hall–Kier alpha value is -9.08. The summed E-state index contributed by atoms with van der Waals surface area (Å²) in [5.74, 6) is 3.08. The summed E-state index contributed by atoms with van der Waals surface area (Å²) in [5, 5.41) is 18.6. The first-order chi connectivity index (χ1) is 33.0. The standard InChI is InChI=1S/C24H17NO2.C17H10FNO.C17H11NO2/c1-2-6-17(7-3-1)16-26-20-11-10-19-14-25-15-22(21(19)13-20)24-12-18-8-4-5-9-23(18)27-24;18-13-6-5-12-9-19-10-15(14(12)8-13)17-7-11-3-1-2-4-16(11)20-17;19-13-6-5-12-9-18-10-15(14(12)8-13)17-7-11-3-1-2-4-16(11)20-17/h1-15H,16H2;1-10H;1-10,19H. The summed E-state index contributed by atoms with van der Waals surface area (Å²) in [5.41, 5.74) is 6.34. The van der Waals surface area contributed by atoms with Crippen LogP contribution in [0.5, 0.6) is 11.5 Å². The molecular formula is C58H38FN3O5. The van der Waals surface area contributed by atoms with Crippen molar-refractivity contribution in [2.24, 2.45) is 0 Å². The molecule has 0 atom stereocenters. The molecule has 13 rings (SSSR count). The molecule has 322 valence electrons. The van der Waals surface area contributed by atoms with Crippen LogP contribution in [0.1, 0.15) is 5.56 Å². The maximum atomic E-state index is 13.5. The average molecular weight is 876 g/mol. The highest BCUT2D eigenvalue weighted by Crippen LogP contribution is 2.36. The van der Waals surface area contributed by atoms with Gasteiger partial charge in [0.1, 0.15) is 58.0 Å². The van der Waals surface area contributed by atoms with Gasteiger partial charge in [0.25, 0.3) is 0 Å². The third kappa shape index (κ3) is 8.52. The van der Waals surface area contributed by atoms with Crippen molar-refractivity contribution in [1.82, 2.24) is 15.0 Å². The van der Waals surface area contributed by atoms with Gasteiger partial charge in [-0.3, -0.25) is 15.0 Å². The molecule has 0 aliphatic carbocycles. The zero-order valence-corrected chi connectivity index (χ0v) is 35.7. The molecule has 6 aromatic heterocycles. The summed E-state index contributed by atoms with van der Waals surface area (Å²) >= 11 is 0. The minimum atomic E-state index is -0.263. The summed E-state index contributed by atoms with van der Waals surface area (Å²) in [6, 6.07) is 55.9. The first kappa shape index (κ1) is 40.7. The third-order valence-electron chi connectivity index (χ3n) is 11.5. The first-order valence-electron chi connectivity index (χ1n) is 21.6. The number of halogens is 1. The molecule has 0 saturated heterocycles. The number of hydrogen-bond donors (Lipinski definition) is 1. The van der Waals surface area contributed by atoms with Crippen LogP contribution in [0.3, 0.4) is 0 Å². The predicted octanol–water partition coefficient (Wildman–Crippen LogP) is 15.4. The summed E-state index contributed by atoms with van der Waals surface area (Å²) in [6.45, 7) is 0.539. The Labute approximate surface area is 382 Å². The van der Waals surface area contributed by atoms with Crippen molar-refractivity contribution in [3.05, 3.63) is 224 Å². The molecular weight excluding hydrogens is 838 g/mol. The van der Waals surface area contributed by atoms with E-state index in [9.17, 15) is 9.50 Å². The van der Waals surface area contributed by atoms with E-state index in [0.29, 0.717) is 12.4 Å². The summed E-state index contributed by atoms with van der Waals surface area (Å²) in [6.07, 6.45) is 10.7. The number of fused-ring (bicyclic) bond motifs is 6. The lowest BCUT2D eigenvalue weighted by atomic mass is 10.1. The van der Waals surface area contributed by atoms with Crippen LogP contribution < -0.4 is 4.74 Å². The maximum absolute atomic E-state index is 13.5. The lowest BCUT2D eigenvalue weighted by Gasteiger charge is -2.09. The quantitative estimate of drug-likeness (QED) is 0.176. The summed E-state index contributed by atoms with van der Waals surface area (Å²) in [7, 11) is 0. The Morgan fingerprint density at radius 1 is 0.403 bits per heavy atom. The number of para-hydroxylation sites is 3. The number of aromatic nitrogens is 3. The smallest absolute Gasteiger partial charge is 0.137 e. The third-order valence-corrected chi connectivity index (χ3v) is 11.5. The van der Waals surface area contributed by atoms with Gasteiger partial charge in [0, 0.05) is 86.2 Å². The monoisotopic (exact) mass is 875 g/mol. The number of hydrogen-bond acceptors (Lipinski definition) is 8. The molecule has 0 saturated carbocycles. The van der Waals surface area contributed by atoms with E-state index in [2.05, 4.69) is 45.3 Å². The van der Waals surface area contributed by atoms with Crippen LogP contribution in [0, 0.1) is 5.82 Å². The molecule has 1 N–H and O–H groups in total. The Morgan fingerprint density at radius 2 is 0.836 bits per heavy atom. The van der Waals surface area contributed by atoms with Crippen molar-refractivity contribution in [3.8, 4) is 45.5 Å². The van der Waals surface area contributed by atoms with E-state index in [1.54, 1.807) is 43.0 Å². The minimum absolute atomic E-state index is 0.237. The van der Waals surface area contributed by atoms with E-state index in [1.165, 1.54) is 12.1 Å². The first-order valence-corrected chi connectivity index (χ1v) is 21.6. The molecule has 0 spiro atoms. The second-order valence-corrected chi connectivity index (χ2v) is 15.9. The van der Waals surface area contributed by atoms with Gasteiger partial charge < -0.3 is 23.1 Å². The second kappa shape index (κ2) is 17.8. The fourth-order valence-electron chi connectivity index (χ4n) is 8.19. The van der Waals surface area contributed by atoms with Crippen molar-refractivity contribution in [2.75, 3.05) is 0 Å². The van der Waals surface area contributed by atoms with Gasteiger partial charge in [-0.2, -0.15) is 0 Å². The van der Waals surface area contributed by atoms with Gasteiger partial charge in [-0.15, -0.1) is 0 Å². The van der Waals surface area contributed by atoms with Crippen LogP contribution in [-0.2, 0) is 6.61 Å². The number of aromatic hydroxyl groups is 1. The van der Waals surface area contributed by atoms with Crippen molar-refractivity contribution >= 4 is 65.2 Å². The number of rotatable bonds is 6. The highest BCUT2D eigenvalue weighted by molar-refractivity contribution is 5.99. The molecule has 13 aromatic rings. The van der Waals surface area contributed by atoms with E-state index in [4.69, 9.17) is 18.0 Å². The van der Waals surface area contributed by atoms with E-state index in [0.717, 1.165) is 105 Å². The fraction of sp³-hybridized carbons (Fsp3) is 0.0172. The zero-order chi connectivity index (χ0) is 45.1. The largest absolute Gasteiger partial charge is 0.508 e. The molecule has 8 nitrogen and oxygen atoms in total. The molecule has 0 fully saturated rings. The fourth-order valence-corrected chi connectivity index (χ4v) is 8.19. The van der Waals surface area contributed by atoms with Crippen LogP contribution in [0.2, 0.25) is 0 Å². The van der Waals surface area contributed by atoms with E-state index >= 15 is 0 Å². The average Bonchev–Trinajstić information content (AvgIpc) is 4.13. The van der Waals surface area contributed by atoms with Gasteiger partial charge in [0.05, 0.1) is 0 Å². The molecule has 67 heavy (non-hydrogen) atoms. The van der Waals surface area contributed by atoms with Crippen LogP contribution in [0.15, 0.2) is 226 Å². The maximum Gasteiger partial charge on any atom is 0.137 e. The topological polar surface area (TPSA) is 108 Å². The molecule has 7 aromatic carbocycles. The van der Waals surface area contributed by atoms with Gasteiger partial charge in [-0.25, -0.2) is 4.39 Å². The number of nitrogens with zero attached hydrogens (tertiary/aromatic N) is 3. The van der Waals surface area contributed by atoms with E-state index < -0.39 is 0 Å². The number of phenolic OH excluding ortho intramolecular Hbond substituents is 1. The molecule has 6 heterocycles. The van der Waals surface area contributed by atoms with Crippen LogP contribution in [-0.4, -0.2) is 20.1 Å². The van der Waals surface area contributed by atoms with Crippen molar-refractivity contribution in [1.29, 1.82) is 0 Å². The van der Waals surface area contributed by atoms with Gasteiger partial charge >= 0.3 is 0 Å². The Balaban J connectivity index is 0.000000113. The Kier molecular flexibility index (Phi) is 10.8. The number of phenols is 1. The van der Waals surface area contributed by atoms with Crippen LogP contribution >= 0.6 is 0 Å². The van der Waals surface area contributed by atoms with Gasteiger partial charge in [0.2, 0.25) is 0 Å². The second-order valence-electron chi connectivity index (χ2n) is 15.9. The van der Waals surface area contributed by atoms with Crippen LogP contribution in [0.4, 0.5) is 4.39 Å². The van der Waals surface area contributed by atoms with Crippen molar-refractivity contribution in [2.45, 2.75) is 6.61 Å². The highest BCUT2D eigenvalue weighted by atomic mass is 19.1. The SMILES string of the molecule is Fc1ccc2cncc(-c3cc4ccccc4o3)c2c1.Oc1ccc2cncc(-c3cc4ccccc4o3)c2c1.c1ccc(COc2ccc3cncc(-c4cc5ccccc5o4)c3c2)cc1. The molecule has 0 amide bonds. The van der Waals surface area contributed by atoms with Gasteiger partial charge in [-0.05, 0) is 113 Å². The minimum Gasteiger partial charge on any atom is -0.508 e. The number of benzene rings is 7. The number of furan rings is 3. The van der Waals surface area contributed by atoms with Gasteiger partial charge in [0.15, 0.2) is 0 Å². The van der Waals surface area contributed by atoms with Crippen molar-refractivity contribution in [3.63, 3.8) is 0 Å². The molecule has 9 heteroatoms. The Bertz CT molecular complexity index is 3620. The molecule has 0 bridgehead atoms. The lowest BCUT2D eigenvalue weighted by molar-refractivity contribution is 0.306.